The highest BCUT2D eigenvalue weighted by molar-refractivity contribution is 7.13. The van der Waals surface area contributed by atoms with Crippen molar-refractivity contribution in [1.82, 2.24) is 10.3 Å². The van der Waals surface area contributed by atoms with Crippen LogP contribution in [0.3, 0.4) is 0 Å². The Morgan fingerprint density at radius 1 is 1.60 bits per heavy atom. The van der Waals surface area contributed by atoms with E-state index in [1.54, 1.807) is 6.20 Å². The third kappa shape index (κ3) is 5.49. The second kappa shape index (κ2) is 6.53. The Hall–Kier alpha value is -0.940. The average molecular weight is 227 g/mol. The van der Waals surface area contributed by atoms with Gasteiger partial charge in [-0.1, -0.05) is 13.8 Å². The second-order valence-corrected chi connectivity index (χ2v) is 4.49. The van der Waals surface area contributed by atoms with E-state index in [9.17, 15) is 4.79 Å². The Labute approximate surface area is 94.1 Å². The number of rotatable bonds is 6. The zero-order chi connectivity index (χ0) is 11.1. The Morgan fingerprint density at radius 2 is 2.40 bits per heavy atom. The van der Waals surface area contributed by atoms with Gasteiger partial charge in [-0.25, -0.2) is 4.98 Å². The molecule has 84 valence electrons. The van der Waals surface area contributed by atoms with Crippen LogP contribution in [0.5, 0.6) is 0 Å². The standard InChI is InChI=1S/C10H17N3OS/c1-8(2)11-5-3-4-9(14)13-10-12-6-7-15-10/h6-8,11H,3-5H2,1-2H3,(H,12,13,14). The number of nitrogens with zero attached hydrogens (tertiary/aromatic N) is 1. The molecule has 0 aliphatic carbocycles. The van der Waals surface area contributed by atoms with Crippen molar-refractivity contribution >= 4 is 22.4 Å². The van der Waals surface area contributed by atoms with Gasteiger partial charge in [-0.05, 0) is 13.0 Å². The van der Waals surface area contributed by atoms with E-state index in [0.29, 0.717) is 17.6 Å². The average Bonchev–Trinajstić information content (AvgIpc) is 2.64. The molecule has 1 amide bonds. The summed E-state index contributed by atoms with van der Waals surface area (Å²) >= 11 is 1.44. The molecule has 0 saturated carbocycles. The van der Waals surface area contributed by atoms with Crippen molar-refractivity contribution in [3.63, 3.8) is 0 Å². The van der Waals surface area contributed by atoms with Gasteiger partial charge in [-0.2, -0.15) is 0 Å². The summed E-state index contributed by atoms with van der Waals surface area (Å²) in [6, 6.07) is 0.479. The number of carbonyl (C=O) groups is 1. The number of nitrogens with one attached hydrogen (secondary N) is 2. The van der Waals surface area contributed by atoms with E-state index in [2.05, 4.69) is 29.5 Å². The molecule has 0 aromatic carbocycles. The van der Waals surface area contributed by atoms with Crippen molar-refractivity contribution in [2.24, 2.45) is 0 Å². The molecular weight excluding hydrogens is 210 g/mol. The number of hydrogen-bond donors (Lipinski definition) is 2. The summed E-state index contributed by atoms with van der Waals surface area (Å²) in [7, 11) is 0. The highest BCUT2D eigenvalue weighted by atomic mass is 32.1. The maximum absolute atomic E-state index is 11.4. The minimum atomic E-state index is 0.0375. The molecule has 0 bridgehead atoms. The molecule has 5 heteroatoms. The monoisotopic (exact) mass is 227 g/mol. The fraction of sp³-hybridized carbons (Fsp3) is 0.600. The molecular formula is C10H17N3OS. The van der Waals surface area contributed by atoms with Gasteiger partial charge in [0, 0.05) is 24.0 Å². The number of thiazole rings is 1. The first-order chi connectivity index (χ1) is 7.18. The van der Waals surface area contributed by atoms with Crippen molar-refractivity contribution in [2.45, 2.75) is 32.7 Å². The maximum atomic E-state index is 11.4. The van der Waals surface area contributed by atoms with E-state index in [1.807, 2.05) is 5.38 Å². The van der Waals surface area contributed by atoms with Crippen molar-refractivity contribution in [2.75, 3.05) is 11.9 Å². The van der Waals surface area contributed by atoms with Crippen molar-refractivity contribution in [3.05, 3.63) is 11.6 Å². The van der Waals surface area contributed by atoms with Gasteiger partial charge in [0.05, 0.1) is 0 Å². The van der Waals surface area contributed by atoms with E-state index < -0.39 is 0 Å². The molecule has 0 atom stereocenters. The molecule has 1 aromatic heterocycles. The van der Waals surface area contributed by atoms with Crippen LogP contribution in [0.15, 0.2) is 11.6 Å². The maximum Gasteiger partial charge on any atom is 0.226 e. The Balaban J connectivity index is 2.09. The van der Waals surface area contributed by atoms with E-state index in [1.165, 1.54) is 11.3 Å². The topological polar surface area (TPSA) is 54.0 Å². The number of aromatic nitrogens is 1. The minimum absolute atomic E-state index is 0.0375. The number of hydrogen-bond acceptors (Lipinski definition) is 4. The summed E-state index contributed by atoms with van der Waals surface area (Å²) in [5, 5.41) is 8.54. The fourth-order valence-electron chi connectivity index (χ4n) is 1.11. The van der Waals surface area contributed by atoms with Gasteiger partial charge in [0.1, 0.15) is 0 Å². The molecule has 0 aliphatic heterocycles. The van der Waals surface area contributed by atoms with Gasteiger partial charge < -0.3 is 10.6 Å². The molecule has 0 aliphatic rings. The molecule has 0 saturated heterocycles. The molecule has 1 heterocycles. The molecule has 1 aromatic rings. The molecule has 4 nitrogen and oxygen atoms in total. The van der Waals surface area contributed by atoms with Gasteiger partial charge in [-0.15, -0.1) is 11.3 Å². The van der Waals surface area contributed by atoms with Gasteiger partial charge in [0.15, 0.2) is 5.13 Å². The summed E-state index contributed by atoms with van der Waals surface area (Å²) in [4.78, 5) is 15.4. The summed E-state index contributed by atoms with van der Waals surface area (Å²) in [5.41, 5.74) is 0. The van der Waals surface area contributed by atoms with Gasteiger partial charge in [-0.3, -0.25) is 4.79 Å². The quantitative estimate of drug-likeness (QED) is 0.729. The Bertz CT molecular complexity index is 285. The van der Waals surface area contributed by atoms with E-state index >= 15 is 0 Å². The largest absolute Gasteiger partial charge is 0.315 e. The summed E-state index contributed by atoms with van der Waals surface area (Å²) in [5.74, 6) is 0.0375. The molecule has 0 radical (unpaired) electrons. The van der Waals surface area contributed by atoms with Gasteiger partial charge in [0.25, 0.3) is 0 Å². The van der Waals surface area contributed by atoms with Crippen molar-refractivity contribution in [1.29, 1.82) is 0 Å². The number of anilines is 1. The highest BCUT2D eigenvalue weighted by Gasteiger charge is 2.03. The lowest BCUT2D eigenvalue weighted by molar-refractivity contribution is -0.116. The van der Waals surface area contributed by atoms with Crippen LogP contribution in [-0.4, -0.2) is 23.5 Å². The van der Waals surface area contributed by atoms with Crippen molar-refractivity contribution < 1.29 is 4.79 Å². The molecule has 1 rings (SSSR count). The smallest absolute Gasteiger partial charge is 0.226 e. The van der Waals surface area contributed by atoms with Crippen molar-refractivity contribution in [3.8, 4) is 0 Å². The second-order valence-electron chi connectivity index (χ2n) is 3.60. The lowest BCUT2D eigenvalue weighted by Crippen LogP contribution is -2.24. The lowest BCUT2D eigenvalue weighted by atomic mass is 10.3. The molecule has 0 unspecified atom stereocenters. The lowest BCUT2D eigenvalue weighted by Gasteiger charge is -2.07. The molecule has 15 heavy (non-hydrogen) atoms. The van der Waals surface area contributed by atoms with Crippen LogP contribution in [-0.2, 0) is 4.79 Å². The molecule has 0 spiro atoms. The molecule has 2 N–H and O–H groups in total. The third-order valence-corrected chi connectivity index (χ3v) is 2.50. The zero-order valence-electron chi connectivity index (χ0n) is 9.12. The summed E-state index contributed by atoms with van der Waals surface area (Å²) < 4.78 is 0. The first kappa shape index (κ1) is 12.1. The van der Waals surface area contributed by atoms with Crippen LogP contribution in [0.2, 0.25) is 0 Å². The van der Waals surface area contributed by atoms with Crippen LogP contribution in [0.1, 0.15) is 26.7 Å². The first-order valence-electron chi connectivity index (χ1n) is 5.11. The normalized spacial score (nSPS) is 10.6. The predicted octanol–water partition coefficient (Wildman–Crippen LogP) is 1.86. The number of carbonyl (C=O) groups excluding carboxylic acids is 1. The predicted molar refractivity (Wildman–Crippen MR) is 63.1 cm³/mol. The fourth-order valence-corrected chi connectivity index (χ4v) is 1.65. The van der Waals surface area contributed by atoms with E-state index in [4.69, 9.17) is 0 Å². The van der Waals surface area contributed by atoms with Crippen LogP contribution in [0, 0.1) is 0 Å². The molecule has 0 fully saturated rings. The van der Waals surface area contributed by atoms with Crippen LogP contribution < -0.4 is 10.6 Å². The highest BCUT2D eigenvalue weighted by Crippen LogP contribution is 2.10. The van der Waals surface area contributed by atoms with Crippen LogP contribution in [0.25, 0.3) is 0 Å². The minimum Gasteiger partial charge on any atom is -0.315 e. The Morgan fingerprint density at radius 3 is 3.00 bits per heavy atom. The van der Waals surface area contributed by atoms with Crippen LogP contribution in [0.4, 0.5) is 5.13 Å². The third-order valence-electron chi connectivity index (χ3n) is 1.81. The summed E-state index contributed by atoms with van der Waals surface area (Å²) in [6.45, 7) is 5.06. The SMILES string of the molecule is CC(C)NCCCC(=O)Nc1nccs1. The number of amides is 1. The first-order valence-corrected chi connectivity index (χ1v) is 5.99. The Kier molecular flexibility index (Phi) is 5.28. The van der Waals surface area contributed by atoms with Crippen LogP contribution >= 0.6 is 11.3 Å². The van der Waals surface area contributed by atoms with E-state index in [-0.39, 0.29) is 5.91 Å². The van der Waals surface area contributed by atoms with Gasteiger partial charge in [0.2, 0.25) is 5.91 Å². The zero-order valence-corrected chi connectivity index (χ0v) is 9.93. The van der Waals surface area contributed by atoms with Gasteiger partial charge >= 0.3 is 0 Å². The van der Waals surface area contributed by atoms with E-state index in [0.717, 1.165) is 13.0 Å². The summed E-state index contributed by atoms with van der Waals surface area (Å²) in [6.07, 6.45) is 3.08.